The average molecular weight is 765 g/mol. The Morgan fingerprint density at radius 2 is 1.28 bits per heavy atom. The standard InChI is InChI=1S/C52H40N4OSi/c1-52(2)40-26-11-13-28-42(40)56(47-31-16-17-32-53-47)44-34-46(50-48(49(44)52)39-25-10-15-30-45(39)57-50)58(36-20-6-4-7-21-36,37-22-8-5-9-23-37)38-24-18-19-35(33-38)51-54-41-27-12-14-29-43(41)55(51)3/h4-34H,1-3H3. The van der Waals surface area contributed by atoms with Crippen LogP contribution in [-0.2, 0) is 12.5 Å². The number of fused-ring (bicyclic) bond motifs is 7. The molecule has 0 saturated heterocycles. The van der Waals surface area contributed by atoms with Gasteiger partial charge in [-0.25, -0.2) is 9.97 Å². The summed E-state index contributed by atoms with van der Waals surface area (Å²) in [4.78, 5) is 12.6. The molecule has 0 unspecified atom stereocenters. The summed E-state index contributed by atoms with van der Waals surface area (Å²) in [5, 5.41) is 7.24. The molecule has 1 aliphatic rings. The predicted molar refractivity (Wildman–Crippen MR) is 242 cm³/mol. The van der Waals surface area contributed by atoms with Gasteiger partial charge >= 0.3 is 0 Å². The molecule has 0 radical (unpaired) electrons. The van der Waals surface area contributed by atoms with Crippen molar-refractivity contribution in [1.29, 1.82) is 0 Å². The van der Waals surface area contributed by atoms with Crippen molar-refractivity contribution in [3.8, 4) is 11.4 Å². The molecule has 0 aliphatic carbocycles. The van der Waals surface area contributed by atoms with Gasteiger partial charge in [0, 0.05) is 35.0 Å². The van der Waals surface area contributed by atoms with Crippen molar-refractivity contribution < 1.29 is 4.42 Å². The Bertz CT molecular complexity index is 3130. The zero-order valence-corrected chi connectivity index (χ0v) is 33.6. The van der Waals surface area contributed by atoms with E-state index in [0.29, 0.717) is 0 Å². The molecule has 0 amide bonds. The molecule has 0 fully saturated rings. The van der Waals surface area contributed by atoms with Crippen LogP contribution in [0, 0.1) is 0 Å². The van der Waals surface area contributed by atoms with Crippen molar-refractivity contribution in [2.75, 3.05) is 4.90 Å². The van der Waals surface area contributed by atoms with Gasteiger partial charge in [0.25, 0.3) is 0 Å². The van der Waals surface area contributed by atoms with Gasteiger partial charge < -0.3 is 8.98 Å². The topological polar surface area (TPSA) is 47.1 Å². The summed E-state index contributed by atoms with van der Waals surface area (Å²) in [7, 11) is -1.14. The number of benzene rings is 7. The van der Waals surface area contributed by atoms with Gasteiger partial charge in [-0.15, -0.1) is 0 Å². The van der Waals surface area contributed by atoms with E-state index in [-0.39, 0.29) is 5.41 Å². The molecular formula is C52H40N4OSi. The normalized spacial score (nSPS) is 13.5. The van der Waals surface area contributed by atoms with Gasteiger partial charge in [0.15, 0.2) is 8.07 Å². The second-order valence-corrected chi connectivity index (χ2v) is 19.6. The number of hydrogen-bond acceptors (Lipinski definition) is 4. The fraction of sp³-hybridized carbons (Fsp3) is 0.0769. The molecular weight excluding hydrogens is 725 g/mol. The summed E-state index contributed by atoms with van der Waals surface area (Å²) < 4.78 is 9.51. The summed E-state index contributed by atoms with van der Waals surface area (Å²) in [6.45, 7) is 4.72. The van der Waals surface area contributed by atoms with Crippen LogP contribution >= 0.6 is 0 Å². The predicted octanol–water partition coefficient (Wildman–Crippen LogP) is 10.0. The van der Waals surface area contributed by atoms with Crippen LogP contribution in [0.4, 0.5) is 17.2 Å². The van der Waals surface area contributed by atoms with E-state index in [1.165, 1.54) is 31.9 Å². The highest BCUT2D eigenvalue weighted by Gasteiger charge is 2.47. The highest BCUT2D eigenvalue weighted by Crippen LogP contribution is 2.54. The van der Waals surface area contributed by atoms with E-state index in [1.54, 1.807) is 0 Å². The molecule has 3 aromatic heterocycles. The lowest BCUT2D eigenvalue weighted by atomic mass is 9.72. The number of nitrogens with zero attached hydrogens (tertiary/aromatic N) is 4. The third kappa shape index (κ3) is 4.88. The Kier molecular flexibility index (Phi) is 7.68. The SMILES string of the molecule is Cn1c(-c2cccc([Si](c3ccccc3)(c3ccccc3)c3cc4c(c5c3oc3ccccc35)C(C)(C)c3ccccc3N4c3ccccn3)c2)nc2ccccc21. The smallest absolute Gasteiger partial charge is 0.184 e. The molecule has 0 atom stereocenters. The third-order valence-electron chi connectivity index (χ3n) is 12.3. The quantitative estimate of drug-likeness (QED) is 0.125. The van der Waals surface area contributed by atoms with E-state index < -0.39 is 8.07 Å². The van der Waals surface area contributed by atoms with Crippen LogP contribution in [0.1, 0.15) is 25.0 Å². The fourth-order valence-corrected chi connectivity index (χ4v) is 14.7. The summed E-state index contributed by atoms with van der Waals surface area (Å²) >= 11 is 0. The Balaban J connectivity index is 1.33. The lowest BCUT2D eigenvalue weighted by Gasteiger charge is -2.43. The van der Waals surface area contributed by atoms with Crippen LogP contribution in [0.3, 0.4) is 0 Å². The number of hydrogen-bond donors (Lipinski definition) is 0. The molecule has 1 aliphatic heterocycles. The fourth-order valence-electron chi connectivity index (χ4n) is 9.81. The largest absolute Gasteiger partial charge is 0.456 e. The molecule has 0 N–H and O–H groups in total. The molecule has 7 aromatic carbocycles. The first-order valence-electron chi connectivity index (χ1n) is 19.9. The van der Waals surface area contributed by atoms with Crippen molar-refractivity contribution in [3.05, 3.63) is 199 Å². The molecule has 0 saturated carbocycles. The van der Waals surface area contributed by atoms with Gasteiger partial charge in [0.1, 0.15) is 22.8 Å². The molecule has 278 valence electrons. The summed E-state index contributed by atoms with van der Waals surface area (Å²) in [5.41, 5.74) is 9.33. The molecule has 4 heterocycles. The van der Waals surface area contributed by atoms with E-state index in [0.717, 1.165) is 61.6 Å². The lowest BCUT2D eigenvalue weighted by Crippen LogP contribution is -2.75. The number of pyridine rings is 1. The van der Waals surface area contributed by atoms with E-state index in [4.69, 9.17) is 14.4 Å². The first-order valence-corrected chi connectivity index (χ1v) is 21.9. The third-order valence-corrected chi connectivity index (χ3v) is 17.1. The van der Waals surface area contributed by atoms with Gasteiger partial charge in [-0.2, -0.15) is 0 Å². The Morgan fingerprint density at radius 1 is 0.603 bits per heavy atom. The van der Waals surface area contributed by atoms with E-state index in [2.05, 4.69) is 206 Å². The highest BCUT2D eigenvalue weighted by molar-refractivity contribution is 7.20. The summed E-state index contributed by atoms with van der Waals surface area (Å²) in [6.07, 6.45) is 1.89. The van der Waals surface area contributed by atoms with Gasteiger partial charge in [-0.1, -0.05) is 153 Å². The number of para-hydroxylation sites is 4. The number of furan rings is 1. The lowest BCUT2D eigenvalue weighted by molar-refractivity contribution is 0.634. The van der Waals surface area contributed by atoms with Crippen LogP contribution < -0.4 is 25.6 Å². The van der Waals surface area contributed by atoms with E-state index in [9.17, 15) is 0 Å². The number of aromatic nitrogens is 3. The van der Waals surface area contributed by atoms with Crippen molar-refractivity contribution in [1.82, 2.24) is 14.5 Å². The van der Waals surface area contributed by atoms with Gasteiger partial charge in [-0.3, -0.25) is 4.90 Å². The van der Waals surface area contributed by atoms with Crippen LogP contribution in [0.15, 0.2) is 193 Å². The molecule has 6 heteroatoms. The zero-order valence-electron chi connectivity index (χ0n) is 32.6. The Labute approximate surface area is 338 Å². The van der Waals surface area contributed by atoms with E-state index >= 15 is 0 Å². The number of anilines is 3. The van der Waals surface area contributed by atoms with Crippen LogP contribution in [-0.4, -0.2) is 22.6 Å². The van der Waals surface area contributed by atoms with Gasteiger partial charge in [-0.05, 0) is 74.3 Å². The molecule has 10 aromatic rings. The minimum absolute atomic E-state index is 0.371. The van der Waals surface area contributed by atoms with Gasteiger partial charge in [0.2, 0.25) is 0 Å². The molecule has 0 bridgehead atoms. The zero-order chi connectivity index (χ0) is 39.0. The molecule has 5 nitrogen and oxygen atoms in total. The number of imidazole rings is 1. The maximum absolute atomic E-state index is 7.30. The minimum atomic E-state index is -3.25. The first-order chi connectivity index (χ1) is 28.5. The molecule has 11 rings (SSSR count). The number of aryl methyl sites for hydroxylation is 1. The van der Waals surface area contributed by atoms with Crippen molar-refractivity contribution in [2.45, 2.75) is 19.3 Å². The van der Waals surface area contributed by atoms with Gasteiger partial charge in [0.05, 0.1) is 22.4 Å². The average Bonchev–Trinajstić information content (AvgIpc) is 3.83. The number of rotatable bonds is 6. The second kappa shape index (κ2) is 13.0. The molecule has 0 spiro atoms. The van der Waals surface area contributed by atoms with Crippen molar-refractivity contribution in [3.63, 3.8) is 0 Å². The Morgan fingerprint density at radius 3 is 2.03 bits per heavy atom. The maximum Gasteiger partial charge on any atom is 0.184 e. The van der Waals surface area contributed by atoms with Crippen LogP contribution in [0.5, 0.6) is 0 Å². The highest BCUT2D eigenvalue weighted by atomic mass is 28.3. The van der Waals surface area contributed by atoms with Crippen molar-refractivity contribution in [2.24, 2.45) is 7.05 Å². The Hall–Kier alpha value is -7.02. The summed E-state index contributed by atoms with van der Waals surface area (Å²) in [5.74, 6) is 1.81. The van der Waals surface area contributed by atoms with E-state index in [1.807, 2.05) is 12.3 Å². The summed E-state index contributed by atoms with van der Waals surface area (Å²) in [6, 6.07) is 65.8. The van der Waals surface area contributed by atoms with Crippen LogP contribution in [0.2, 0.25) is 0 Å². The molecule has 58 heavy (non-hydrogen) atoms. The minimum Gasteiger partial charge on any atom is -0.456 e. The van der Waals surface area contributed by atoms with Crippen molar-refractivity contribution >= 4 is 79.0 Å². The first kappa shape index (κ1) is 34.2. The monoisotopic (exact) mass is 764 g/mol. The maximum atomic E-state index is 7.30. The second-order valence-electron chi connectivity index (χ2n) is 15.8. The van der Waals surface area contributed by atoms with Crippen LogP contribution in [0.25, 0.3) is 44.4 Å².